The van der Waals surface area contributed by atoms with Gasteiger partial charge < -0.3 is 19.3 Å². The first-order valence-corrected chi connectivity index (χ1v) is 8.36. The summed E-state index contributed by atoms with van der Waals surface area (Å²) in [5.74, 6) is -0.0798. The number of carboxylic acid groups (broad SMARTS) is 1. The number of benzene rings is 2. The predicted molar refractivity (Wildman–Crippen MR) is 99.5 cm³/mol. The van der Waals surface area contributed by atoms with E-state index in [0.29, 0.717) is 35.1 Å². The highest BCUT2D eigenvalue weighted by Crippen LogP contribution is 2.26. The number of fused-ring (bicyclic) bond motifs is 1. The predicted octanol–water partition coefficient (Wildman–Crippen LogP) is 3.41. The van der Waals surface area contributed by atoms with Crippen molar-refractivity contribution in [1.82, 2.24) is 9.97 Å². The van der Waals surface area contributed by atoms with Crippen molar-refractivity contribution in [3.8, 4) is 17.5 Å². The standard InChI is InChI=1S/C20H20N2O5/c1-12(20(23)24)14-5-7-15(8-6-14)27-11-13-4-9-16-17(10-13)22-19(26-3)18(21-16)25-2/h4-10,12H,11H2,1-3H3,(H,23,24). The minimum atomic E-state index is -0.854. The number of carbonyl (C=O) groups is 1. The molecule has 7 nitrogen and oxygen atoms in total. The summed E-state index contributed by atoms with van der Waals surface area (Å²) in [5.41, 5.74) is 3.03. The Morgan fingerprint density at radius 2 is 1.63 bits per heavy atom. The van der Waals surface area contributed by atoms with E-state index in [2.05, 4.69) is 9.97 Å². The van der Waals surface area contributed by atoms with E-state index in [0.717, 1.165) is 11.1 Å². The number of ether oxygens (including phenoxy) is 3. The summed E-state index contributed by atoms with van der Waals surface area (Å²) in [6.07, 6.45) is 0. The number of nitrogens with zero attached hydrogens (tertiary/aromatic N) is 2. The molecule has 27 heavy (non-hydrogen) atoms. The minimum absolute atomic E-state index is 0.325. The normalized spacial score (nSPS) is 11.8. The zero-order chi connectivity index (χ0) is 19.4. The summed E-state index contributed by atoms with van der Waals surface area (Å²) in [5, 5.41) is 9.05. The van der Waals surface area contributed by atoms with Crippen LogP contribution in [0.25, 0.3) is 11.0 Å². The van der Waals surface area contributed by atoms with Gasteiger partial charge in [0.25, 0.3) is 11.8 Å². The monoisotopic (exact) mass is 368 g/mol. The molecule has 0 aliphatic rings. The van der Waals surface area contributed by atoms with Crippen molar-refractivity contribution in [3.05, 3.63) is 53.6 Å². The number of carboxylic acids is 1. The Morgan fingerprint density at radius 1 is 1.00 bits per heavy atom. The van der Waals surface area contributed by atoms with Crippen molar-refractivity contribution < 1.29 is 24.1 Å². The van der Waals surface area contributed by atoms with Crippen molar-refractivity contribution in [1.29, 1.82) is 0 Å². The van der Waals surface area contributed by atoms with E-state index in [1.807, 2.05) is 18.2 Å². The maximum atomic E-state index is 11.0. The second-order valence-corrected chi connectivity index (χ2v) is 5.98. The molecule has 0 aliphatic heterocycles. The van der Waals surface area contributed by atoms with Crippen molar-refractivity contribution in [2.75, 3.05) is 14.2 Å². The van der Waals surface area contributed by atoms with Crippen LogP contribution in [0.2, 0.25) is 0 Å². The first kappa shape index (κ1) is 18.4. The summed E-state index contributed by atoms with van der Waals surface area (Å²) in [6.45, 7) is 2.00. The van der Waals surface area contributed by atoms with E-state index in [9.17, 15) is 4.79 Å². The third kappa shape index (κ3) is 4.08. The molecule has 0 saturated heterocycles. The topological polar surface area (TPSA) is 90.8 Å². The highest BCUT2D eigenvalue weighted by molar-refractivity contribution is 5.76. The van der Waals surface area contributed by atoms with Crippen LogP contribution >= 0.6 is 0 Å². The van der Waals surface area contributed by atoms with Gasteiger partial charge in [0, 0.05) is 0 Å². The average Bonchev–Trinajstić information content (AvgIpc) is 2.70. The van der Waals surface area contributed by atoms with E-state index in [-0.39, 0.29) is 0 Å². The summed E-state index contributed by atoms with van der Waals surface area (Å²) in [4.78, 5) is 19.8. The van der Waals surface area contributed by atoms with Crippen LogP contribution in [0.1, 0.15) is 24.0 Å². The van der Waals surface area contributed by atoms with Crippen LogP contribution in [0, 0.1) is 0 Å². The lowest BCUT2D eigenvalue weighted by molar-refractivity contribution is -0.138. The van der Waals surface area contributed by atoms with Gasteiger partial charge in [0.15, 0.2) is 0 Å². The second kappa shape index (κ2) is 7.90. The van der Waals surface area contributed by atoms with Crippen LogP contribution in [0.5, 0.6) is 17.5 Å². The molecule has 0 spiro atoms. The SMILES string of the molecule is COc1nc2ccc(COc3ccc(C(C)C(=O)O)cc3)cc2nc1OC. The molecule has 1 N–H and O–H groups in total. The third-order valence-corrected chi connectivity index (χ3v) is 4.21. The summed E-state index contributed by atoms with van der Waals surface area (Å²) in [7, 11) is 3.03. The number of methoxy groups -OCH3 is 2. The number of rotatable bonds is 7. The first-order chi connectivity index (χ1) is 13.0. The molecule has 0 saturated carbocycles. The highest BCUT2D eigenvalue weighted by atomic mass is 16.5. The van der Waals surface area contributed by atoms with E-state index in [4.69, 9.17) is 19.3 Å². The van der Waals surface area contributed by atoms with Crippen LogP contribution in [0.3, 0.4) is 0 Å². The molecule has 3 aromatic rings. The van der Waals surface area contributed by atoms with E-state index < -0.39 is 11.9 Å². The van der Waals surface area contributed by atoms with Crippen LogP contribution in [-0.4, -0.2) is 35.3 Å². The van der Waals surface area contributed by atoms with E-state index in [1.54, 1.807) is 31.2 Å². The summed E-state index contributed by atoms with van der Waals surface area (Å²) >= 11 is 0. The van der Waals surface area contributed by atoms with Crippen molar-refractivity contribution in [3.63, 3.8) is 0 Å². The van der Waals surface area contributed by atoms with E-state index in [1.165, 1.54) is 14.2 Å². The fourth-order valence-electron chi connectivity index (χ4n) is 2.59. The zero-order valence-electron chi connectivity index (χ0n) is 15.3. The van der Waals surface area contributed by atoms with Crippen LogP contribution in [0.15, 0.2) is 42.5 Å². The van der Waals surface area contributed by atoms with Gasteiger partial charge in [-0.3, -0.25) is 4.79 Å². The molecule has 0 radical (unpaired) electrons. The van der Waals surface area contributed by atoms with Crippen molar-refractivity contribution in [2.24, 2.45) is 0 Å². The lowest BCUT2D eigenvalue weighted by Crippen LogP contribution is -2.07. The van der Waals surface area contributed by atoms with E-state index >= 15 is 0 Å². The van der Waals surface area contributed by atoms with Crippen LogP contribution < -0.4 is 14.2 Å². The Kier molecular flexibility index (Phi) is 5.40. The van der Waals surface area contributed by atoms with Gasteiger partial charge in [0.2, 0.25) is 0 Å². The lowest BCUT2D eigenvalue weighted by atomic mass is 10.0. The van der Waals surface area contributed by atoms with Gasteiger partial charge in [-0.15, -0.1) is 0 Å². The van der Waals surface area contributed by atoms with Gasteiger partial charge in [-0.1, -0.05) is 18.2 Å². The largest absolute Gasteiger partial charge is 0.489 e. The molecule has 1 atom stereocenters. The number of hydrogen-bond acceptors (Lipinski definition) is 6. The van der Waals surface area contributed by atoms with Gasteiger partial charge in [0.1, 0.15) is 12.4 Å². The van der Waals surface area contributed by atoms with Crippen molar-refractivity contribution >= 4 is 17.0 Å². The fourth-order valence-corrected chi connectivity index (χ4v) is 2.59. The Hall–Kier alpha value is -3.35. The van der Waals surface area contributed by atoms with Gasteiger partial charge >= 0.3 is 5.97 Å². The van der Waals surface area contributed by atoms with Gasteiger partial charge in [-0.2, -0.15) is 0 Å². The molecule has 140 valence electrons. The molecule has 1 aromatic heterocycles. The van der Waals surface area contributed by atoms with Crippen molar-refractivity contribution in [2.45, 2.75) is 19.4 Å². The van der Waals surface area contributed by atoms with Gasteiger partial charge in [0.05, 0.1) is 31.2 Å². The molecule has 0 aliphatic carbocycles. The Labute approximate surface area is 156 Å². The van der Waals surface area contributed by atoms with Crippen LogP contribution in [0.4, 0.5) is 0 Å². The molecule has 1 heterocycles. The van der Waals surface area contributed by atoms with Gasteiger partial charge in [-0.05, 0) is 42.3 Å². The molecule has 3 rings (SSSR count). The zero-order valence-corrected chi connectivity index (χ0v) is 15.3. The molecule has 0 bridgehead atoms. The molecular weight excluding hydrogens is 348 g/mol. The first-order valence-electron chi connectivity index (χ1n) is 8.36. The summed E-state index contributed by atoms with van der Waals surface area (Å²) < 4.78 is 16.1. The smallest absolute Gasteiger partial charge is 0.310 e. The molecule has 0 fully saturated rings. The van der Waals surface area contributed by atoms with Crippen LogP contribution in [-0.2, 0) is 11.4 Å². The number of aliphatic carboxylic acids is 1. The molecule has 0 amide bonds. The second-order valence-electron chi connectivity index (χ2n) is 5.98. The van der Waals surface area contributed by atoms with Gasteiger partial charge in [-0.25, -0.2) is 9.97 Å². The number of aromatic nitrogens is 2. The molecule has 2 aromatic carbocycles. The minimum Gasteiger partial charge on any atom is -0.489 e. The lowest BCUT2D eigenvalue weighted by Gasteiger charge is -2.10. The Bertz CT molecular complexity index is 956. The molecule has 1 unspecified atom stereocenters. The maximum absolute atomic E-state index is 11.0. The Morgan fingerprint density at radius 3 is 2.22 bits per heavy atom. The summed E-state index contributed by atoms with van der Waals surface area (Å²) in [6, 6.07) is 12.7. The highest BCUT2D eigenvalue weighted by Gasteiger charge is 2.13. The Balaban J connectivity index is 1.74. The number of hydrogen-bond donors (Lipinski definition) is 1. The molecule has 7 heteroatoms. The average molecular weight is 368 g/mol. The fraction of sp³-hybridized carbons (Fsp3) is 0.250. The molecular formula is C20H20N2O5. The quantitative estimate of drug-likeness (QED) is 0.683. The maximum Gasteiger partial charge on any atom is 0.310 e. The third-order valence-electron chi connectivity index (χ3n) is 4.21.